The van der Waals surface area contributed by atoms with Crippen molar-refractivity contribution in [1.29, 1.82) is 0 Å². The summed E-state index contributed by atoms with van der Waals surface area (Å²) in [7, 11) is 1.21. The van der Waals surface area contributed by atoms with Crippen LogP contribution >= 0.6 is 11.8 Å². The fourth-order valence-corrected chi connectivity index (χ4v) is 4.06. The Morgan fingerprint density at radius 3 is 2.52 bits per heavy atom. The van der Waals surface area contributed by atoms with E-state index in [1.807, 2.05) is 48.5 Å². The Hall–Kier alpha value is -3.58. The number of nitrogens with zero attached hydrogens (tertiary/aromatic N) is 1. The van der Waals surface area contributed by atoms with Crippen molar-refractivity contribution >= 4 is 45.7 Å². The largest absolute Gasteiger partial charge is 0.489 e. The lowest BCUT2D eigenvalue weighted by Crippen LogP contribution is -2.34. The minimum atomic E-state index is -0.642. The van der Waals surface area contributed by atoms with E-state index in [4.69, 9.17) is 4.74 Å². The van der Waals surface area contributed by atoms with Crippen molar-refractivity contribution in [2.45, 2.75) is 6.61 Å². The van der Waals surface area contributed by atoms with Crippen LogP contribution in [-0.4, -0.2) is 35.7 Å². The summed E-state index contributed by atoms with van der Waals surface area (Å²) in [5.74, 6) is -0.447. The van der Waals surface area contributed by atoms with E-state index in [0.29, 0.717) is 12.4 Å². The predicted molar refractivity (Wildman–Crippen MR) is 119 cm³/mol. The first kappa shape index (κ1) is 20.7. The Kier molecular flexibility index (Phi) is 6.04. The van der Waals surface area contributed by atoms with Crippen LogP contribution in [0, 0.1) is 0 Å². The van der Waals surface area contributed by atoms with Gasteiger partial charge in [0.05, 0.1) is 12.0 Å². The van der Waals surface area contributed by atoms with E-state index in [9.17, 15) is 14.4 Å². The number of amides is 2. The van der Waals surface area contributed by atoms with Crippen molar-refractivity contribution < 1.29 is 23.9 Å². The fraction of sp³-hybridized carbons (Fsp3) is 0.125. The van der Waals surface area contributed by atoms with Crippen LogP contribution in [0.25, 0.3) is 16.8 Å². The van der Waals surface area contributed by atoms with Crippen LogP contribution in [0.3, 0.4) is 0 Å². The van der Waals surface area contributed by atoms with Crippen molar-refractivity contribution in [2.24, 2.45) is 0 Å². The Morgan fingerprint density at radius 2 is 1.74 bits per heavy atom. The van der Waals surface area contributed by atoms with Crippen molar-refractivity contribution in [1.82, 2.24) is 4.90 Å². The summed E-state index contributed by atoms with van der Waals surface area (Å²) in [6.45, 7) is 0.0482. The molecule has 156 valence electrons. The van der Waals surface area contributed by atoms with Crippen LogP contribution in [0.4, 0.5) is 4.79 Å². The molecule has 1 aliphatic rings. The number of benzene rings is 3. The summed E-state index contributed by atoms with van der Waals surface area (Å²) in [5, 5.41) is 1.83. The molecule has 2 amide bonds. The number of imide groups is 1. The maximum absolute atomic E-state index is 12.4. The third kappa shape index (κ3) is 4.62. The number of carbonyl (C=O) groups excluding carboxylic acids is 3. The van der Waals surface area contributed by atoms with Gasteiger partial charge in [-0.25, -0.2) is 0 Å². The smallest absolute Gasteiger partial charge is 0.325 e. The van der Waals surface area contributed by atoms with E-state index >= 15 is 0 Å². The lowest BCUT2D eigenvalue weighted by atomic mass is 10.1. The number of methoxy groups -OCH3 is 1. The molecule has 7 heteroatoms. The van der Waals surface area contributed by atoms with Gasteiger partial charge in [0.25, 0.3) is 11.1 Å². The van der Waals surface area contributed by atoms with Crippen LogP contribution in [-0.2, 0) is 20.9 Å². The van der Waals surface area contributed by atoms with Crippen LogP contribution in [0.1, 0.15) is 11.1 Å². The maximum atomic E-state index is 12.4. The Labute approximate surface area is 183 Å². The predicted octanol–water partition coefficient (Wildman–Crippen LogP) is 4.63. The SMILES string of the molecule is COC(=O)CN1C(=O)S/C(=C/c2ccc(OCc3cccc4ccccc34)cc2)C1=O. The van der Waals surface area contributed by atoms with Crippen molar-refractivity contribution in [3.63, 3.8) is 0 Å². The van der Waals surface area contributed by atoms with E-state index in [1.165, 1.54) is 12.5 Å². The van der Waals surface area contributed by atoms with Gasteiger partial charge in [-0.1, -0.05) is 54.6 Å². The molecule has 0 radical (unpaired) electrons. The number of hydrogen-bond acceptors (Lipinski definition) is 6. The maximum Gasteiger partial charge on any atom is 0.325 e. The summed E-state index contributed by atoms with van der Waals surface area (Å²) in [4.78, 5) is 36.9. The second-order valence-electron chi connectivity index (χ2n) is 6.84. The van der Waals surface area contributed by atoms with Crippen LogP contribution in [0.15, 0.2) is 71.6 Å². The van der Waals surface area contributed by atoms with Crippen LogP contribution in [0.2, 0.25) is 0 Å². The molecule has 0 atom stereocenters. The van der Waals surface area contributed by atoms with Gasteiger partial charge in [0, 0.05) is 0 Å². The molecular formula is C24H19NO5S. The Morgan fingerprint density at radius 1 is 1.00 bits per heavy atom. The normalized spacial score (nSPS) is 15.0. The molecule has 0 spiro atoms. The number of ether oxygens (including phenoxy) is 2. The first-order valence-electron chi connectivity index (χ1n) is 9.57. The average molecular weight is 433 g/mol. The number of rotatable bonds is 6. The zero-order valence-electron chi connectivity index (χ0n) is 16.7. The van der Waals surface area contributed by atoms with Crippen molar-refractivity contribution in [2.75, 3.05) is 13.7 Å². The zero-order valence-corrected chi connectivity index (χ0v) is 17.6. The Balaban J connectivity index is 1.43. The molecule has 1 saturated heterocycles. The number of hydrogen-bond donors (Lipinski definition) is 0. The summed E-state index contributed by atoms with van der Waals surface area (Å²) in [6, 6.07) is 21.5. The highest BCUT2D eigenvalue weighted by Crippen LogP contribution is 2.32. The highest BCUT2D eigenvalue weighted by Gasteiger charge is 2.36. The molecule has 6 nitrogen and oxygen atoms in total. The molecule has 4 rings (SSSR count). The lowest BCUT2D eigenvalue weighted by molar-refractivity contribution is -0.143. The summed E-state index contributed by atoms with van der Waals surface area (Å²) < 4.78 is 10.5. The number of esters is 1. The second-order valence-corrected chi connectivity index (χ2v) is 7.83. The number of fused-ring (bicyclic) bond motifs is 1. The van der Waals surface area contributed by atoms with Crippen molar-refractivity contribution in [3.05, 3.63) is 82.8 Å². The molecule has 0 N–H and O–H groups in total. The molecule has 3 aromatic carbocycles. The average Bonchev–Trinajstić information content (AvgIpc) is 3.05. The molecule has 0 unspecified atom stereocenters. The van der Waals surface area contributed by atoms with E-state index in [1.54, 1.807) is 6.08 Å². The Bertz CT molecular complexity index is 1180. The monoisotopic (exact) mass is 433 g/mol. The third-order valence-electron chi connectivity index (χ3n) is 4.84. The molecular weight excluding hydrogens is 414 g/mol. The summed E-state index contributed by atoms with van der Waals surface area (Å²) in [5.41, 5.74) is 1.85. The molecule has 3 aromatic rings. The van der Waals surface area contributed by atoms with Gasteiger partial charge in [0.2, 0.25) is 0 Å². The van der Waals surface area contributed by atoms with Crippen LogP contribution < -0.4 is 4.74 Å². The van der Waals surface area contributed by atoms with Gasteiger partial charge in [0.1, 0.15) is 18.9 Å². The second kappa shape index (κ2) is 9.06. The number of thioether (sulfide) groups is 1. The molecule has 0 saturated carbocycles. The minimum Gasteiger partial charge on any atom is -0.489 e. The van der Waals surface area contributed by atoms with Gasteiger partial charge in [-0.2, -0.15) is 0 Å². The molecule has 1 aliphatic heterocycles. The first-order valence-corrected chi connectivity index (χ1v) is 10.4. The lowest BCUT2D eigenvalue weighted by Gasteiger charge is -2.10. The molecule has 0 aliphatic carbocycles. The first-order chi connectivity index (χ1) is 15.0. The molecule has 0 aromatic heterocycles. The quantitative estimate of drug-likeness (QED) is 0.417. The van der Waals surface area contributed by atoms with Gasteiger partial charge in [-0.05, 0) is 51.9 Å². The molecule has 1 fully saturated rings. The third-order valence-corrected chi connectivity index (χ3v) is 5.75. The van der Waals surface area contributed by atoms with E-state index in [0.717, 1.165) is 33.2 Å². The highest BCUT2D eigenvalue weighted by atomic mass is 32.2. The van der Waals surface area contributed by atoms with Gasteiger partial charge in [-0.3, -0.25) is 19.3 Å². The zero-order chi connectivity index (χ0) is 21.8. The minimum absolute atomic E-state index is 0.262. The summed E-state index contributed by atoms with van der Waals surface area (Å²) >= 11 is 0.801. The van der Waals surface area contributed by atoms with Gasteiger partial charge in [0.15, 0.2) is 0 Å². The van der Waals surface area contributed by atoms with E-state index in [2.05, 4.69) is 22.9 Å². The van der Waals surface area contributed by atoms with Gasteiger partial charge < -0.3 is 9.47 Å². The van der Waals surface area contributed by atoms with Crippen molar-refractivity contribution in [3.8, 4) is 5.75 Å². The fourth-order valence-electron chi connectivity index (χ4n) is 3.22. The molecule has 0 bridgehead atoms. The van der Waals surface area contributed by atoms with Gasteiger partial charge >= 0.3 is 5.97 Å². The topological polar surface area (TPSA) is 72.9 Å². The highest BCUT2D eigenvalue weighted by molar-refractivity contribution is 8.18. The van der Waals surface area contributed by atoms with E-state index < -0.39 is 17.1 Å². The number of carbonyl (C=O) groups is 3. The molecule has 1 heterocycles. The molecule has 31 heavy (non-hydrogen) atoms. The summed E-state index contributed by atoms with van der Waals surface area (Å²) in [6.07, 6.45) is 1.62. The van der Waals surface area contributed by atoms with E-state index in [-0.39, 0.29) is 11.4 Å². The van der Waals surface area contributed by atoms with Crippen LogP contribution in [0.5, 0.6) is 5.75 Å². The van der Waals surface area contributed by atoms with Gasteiger partial charge in [-0.15, -0.1) is 0 Å². The standard InChI is InChI=1S/C24H19NO5S/c1-29-22(26)14-25-23(27)21(31-24(25)28)13-16-9-11-19(12-10-16)30-15-18-7-4-6-17-5-2-3-8-20(17)18/h2-13H,14-15H2,1H3/b21-13+.